The number of amides is 1. The average molecular weight is 319 g/mol. The Morgan fingerprint density at radius 1 is 1.27 bits per heavy atom. The Labute approximate surface area is 132 Å². The molecule has 22 heavy (non-hydrogen) atoms. The molecule has 1 aliphatic rings. The van der Waals surface area contributed by atoms with Crippen LogP contribution in [0.25, 0.3) is 0 Å². The number of hydrogen-bond acceptors (Lipinski definition) is 4. The van der Waals surface area contributed by atoms with Gasteiger partial charge in [0.05, 0.1) is 17.2 Å². The van der Waals surface area contributed by atoms with Gasteiger partial charge >= 0.3 is 0 Å². The number of ether oxygens (including phenoxy) is 1. The van der Waals surface area contributed by atoms with E-state index in [0.717, 1.165) is 5.69 Å². The predicted octanol–water partition coefficient (Wildman–Crippen LogP) is 3.30. The SMILES string of the molecule is CCOc1cc([C@@H]2NC(=O)c3ccccc3N2)cc(Cl)c1O. The quantitative estimate of drug-likeness (QED) is 0.812. The molecule has 0 bridgehead atoms. The van der Waals surface area contributed by atoms with Crippen LogP contribution in [0.3, 0.4) is 0 Å². The minimum atomic E-state index is -0.445. The number of aromatic hydroxyl groups is 1. The first-order valence-electron chi connectivity index (χ1n) is 6.91. The molecule has 0 saturated carbocycles. The van der Waals surface area contributed by atoms with Crippen LogP contribution in [0, 0.1) is 0 Å². The zero-order valence-electron chi connectivity index (χ0n) is 11.9. The molecule has 0 aliphatic carbocycles. The molecule has 1 heterocycles. The maximum absolute atomic E-state index is 12.2. The third-order valence-corrected chi connectivity index (χ3v) is 3.72. The number of fused-ring (bicyclic) bond motifs is 1. The highest BCUT2D eigenvalue weighted by atomic mass is 35.5. The van der Waals surface area contributed by atoms with Crippen molar-refractivity contribution in [1.82, 2.24) is 5.32 Å². The van der Waals surface area contributed by atoms with Crippen LogP contribution in [0.15, 0.2) is 36.4 Å². The zero-order valence-corrected chi connectivity index (χ0v) is 12.6. The second-order valence-corrected chi connectivity index (χ2v) is 5.29. The molecule has 114 valence electrons. The maximum Gasteiger partial charge on any atom is 0.255 e. The van der Waals surface area contributed by atoms with Crippen LogP contribution < -0.4 is 15.4 Å². The summed E-state index contributed by atoms with van der Waals surface area (Å²) in [7, 11) is 0. The molecule has 2 aromatic carbocycles. The van der Waals surface area contributed by atoms with Crippen molar-refractivity contribution in [1.29, 1.82) is 0 Å². The van der Waals surface area contributed by atoms with Crippen LogP contribution in [0.2, 0.25) is 5.02 Å². The predicted molar refractivity (Wildman–Crippen MR) is 84.6 cm³/mol. The monoisotopic (exact) mass is 318 g/mol. The van der Waals surface area contributed by atoms with Gasteiger partial charge in [0.1, 0.15) is 6.17 Å². The number of carbonyl (C=O) groups is 1. The van der Waals surface area contributed by atoms with Crippen LogP contribution in [-0.2, 0) is 0 Å². The Morgan fingerprint density at radius 2 is 2.05 bits per heavy atom. The normalized spacial score (nSPS) is 16.5. The fourth-order valence-electron chi connectivity index (χ4n) is 2.40. The van der Waals surface area contributed by atoms with Gasteiger partial charge in [-0.05, 0) is 36.8 Å². The number of rotatable bonds is 3. The van der Waals surface area contributed by atoms with Crippen molar-refractivity contribution in [2.45, 2.75) is 13.1 Å². The molecule has 0 fully saturated rings. The lowest BCUT2D eigenvalue weighted by Gasteiger charge is -2.28. The molecule has 3 N–H and O–H groups in total. The standard InChI is InChI=1S/C16H15ClN2O3/c1-2-22-13-8-9(7-11(17)14(13)20)15-18-12-6-4-3-5-10(12)16(21)19-15/h3-8,15,18,20H,2H2,1H3,(H,19,21)/t15-/m0/s1. The van der Waals surface area contributed by atoms with E-state index in [1.807, 2.05) is 25.1 Å². The van der Waals surface area contributed by atoms with Gasteiger partial charge in [0.2, 0.25) is 0 Å². The second-order valence-electron chi connectivity index (χ2n) is 4.88. The van der Waals surface area contributed by atoms with E-state index < -0.39 is 6.17 Å². The van der Waals surface area contributed by atoms with E-state index >= 15 is 0 Å². The molecule has 6 heteroatoms. The lowest BCUT2D eigenvalue weighted by Crippen LogP contribution is -2.38. The number of benzene rings is 2. The second kappa shape index (κ2) is 5.77. The average Bonchev–Trinajstić information content (AvgIpc) is 2.52. The van der Waals surface area contributed by atoms with Crippen LogP contribution in [-0.4, -0.2) is 17.6 Å². The summed E-state index contributed by atoms with van der Waals surface area (Å²) >= 11 is 6.04. The molecule has 1 aliphatic heterocycles. The van der Waals surface area contributed by atoms with E-state index in [1.54, 1.807) is 18.2 Å². The van der Waals surface area contributed by atoms with E-state index in [2.05, 4.69) is 10.6 Å². The van der Waals surface area contributed by atoms with Crippen molar-refractivity contribution in [3.8, 4) is 11.5 Å². The molecule has 0 saturated heterocycles. The smallest absolute Gasteiger partial charge is 0.255 e. The third-order valence-electron chi connectivity index (χ3n) is 3.43. The Balaban J connectivity index is 1.97. The summed E-state index contributed by atoms with van der Waals surface area (Å²) in [4.78, 5) is 12.2. The van der Waals surface area contributed by atoms with Crippen molar-refractivity contribution >= 4 is 23.2 Å². The van der Waals surface area contributed by atoms with Crippen LogP contribution >= 0.6 is 11.6 Å². The first-order valence-corrected chi connectivity index (χ1v) is 7.29. The summed E-state index contributed by atoms with van der Waals surface area (Å²) in [6, 6.07) is 10.5. The fourth-order valence-corrected chi connectivity index (χ4v) is 2.62. The Bertz CT molecular complexity index is 733. The number of phenols is 1. The Hall–Kier alpha value is -2.40. The summed E-state index contributed by atoms with van der Waals surface area (Å²) in [5.41, 5.74) is 2.04. The number of halogens is 1. The van der Waals surface area contributed by atoms with Crippen molar-refractivity contribution < 1.29 is 14.6 Å². The zero-order chi connectivity index (χ0) is 15.7. The number of anilines is 1. The van der Waals surface area contributed by atoms with Crippen LogP contribution in [0.1, 0.15) is 29.0 Å². The first kappa shape index (κ1) is 14.5. The third kappa shape index (κ3) is 2.55. The van der Waals surface area contributed by atoms with Crippen molar-refractivity contribution in [2.75, 3.05) is 11.9 Å². The Kier molecular flexibility index (Phi) is 3.81. The fraction of sp³-hybridized carbons (Fsp3) is 0.188. The molecule has 0 spiro atoms. The molecule has 0 radical (unpaired) electrons. The van der Waals surface area contributed by atoms with E-state index in [9.17, 15) is 9.90 Å². The van der Waals surface area contributed by atoms with Crippen molar-refractivity contribution in [3.63, 3.8) is 0 Å². The summed E-state index contributed by atoms with van der Waals surface area (Å²) in [5, 5.41) is 16.2. The minimum Gasteiger partial charge on any atom is -0.503 e. The van der Waals surface area contributed by atoms with E-state index in [1.165, 1.54) is 0 Å². The van der Waals surface area contributed by atoms with E-state index in [4.69, 9.17) is 16.3 Å². The number of carbonyl (C=O) groups excluding carboxylic acids is 1. The number of hydrogen-bond donors (Lipinski definition) is 3. The number of nitrogens with one attached hydrogen (secondary N) is 2. The highest BCUT2D eigenvalue weighted by Crippen LogP contribution is 2.38. The van der Waals surface area contributed by atoms with Gasteiger partial charge in [0.15, 0.2) is 11.5 Å². The summed E-state index contributed by atoms with van der Waals surface area (Å²) in [5.74, 6) is 0.0243. The van der Waals surface area contributed by atoms with E-state index in [0.29, 0.717) is 23.5 Å². The van der Waals surface area contributed by atoms with Gasteiger partial charge in [-0.2, -0.15) is 0 Å². The molecule has 2 aromatic rings. The minimum absolute atomic E-state index is 0.102. The highest BCUT2D eigenvalue weighted by Gasteiger charge is 2.25. The van der Waals surface area contributed by atoms with Gasteiger partial charge in [0.25, 0.3) is 5.91 Å². The van der Waals surface area contributed by atoms with Gasteiger partial charge in [-0.25, -0.2) is 0 Å². The van der Waals surface area contributed by atoms with Crippen LogP contribution in [0.4, 0.5) is 5.69 Å². The molecule has 0 unspecified atom stereocenters. The van der Waals surface area contributed by atoms with Crippen molar-refractivity contribution in [2.24, 2.45) is 0 Å². The number of para-hydroxylation sites is 1. The maximum atomic E-state index is 12.2. The topological polar surface area (TPSA) is 70.6 Å². The number of phenolic OH excluding ortho intramolecular Hbond substituents is 1. The molecule has 3 rings (SSSR count). The molecular weight excluding hydrogens is 304 g/mol. The van der Waals surface area contributed by atoms with Gasteiger partial charge in [-0.3, -0.25) is 4.79 Å². The van der Waals surface area contributed by atoms with E-state index in [-0.39, 0.29) is 16.7 Å². The lowest BCUT2D eigenvalue weighted by molar-refractivity contribution is 0.0935. The van der Waals surface area contributed by atoms with Gasteiger partial charge in [-0.1, -0.05) is 23.7 Å². The summed E-state index contributed by atoms with van der Waals surface area (Å²) < 4.78 is 5.37. The summed E-state index contributed by atoms with van der Waals surface area (Å²) in [6.45, 7) is 2.22. The molecule has 0 aromatic heterocycles. The molecule has 1 amide bonds. The van der Waals surface area contributed by atoms with Crippen molar-refractivity contribution in [3.05, 3.63) is 52.5 Å². The Morgan fingerprint density at radius 3 is 2.82 bits per heavy atom. The van der Waals surface area contributed by atoms with Crippen LogP contribution in [0.5, 0.6) is 11.5 Å². The molecular formula is C16H15ClN2O3. The first-order chi connectivity index (χ1) is 10.6. The van der Waals surface area contributed by atoms with Gasteiger partial charge in [0, 0.05) is 5.69 Å². The largest absolute Gasteiger partial charge is 0.503 e. The molecule has 1 atom stereocenters. The lowest BCUT2D eigenvalue weighted by atomic mass is 10.1. The van der Waals surface area contributed by atoms with Gasteiger partial charge < -0.3 is 20.5 Å². The van der Waals surface area contributed by atoms with Gasteiger partial charge in [-0.15, -0.1) is 0 Å². The summed E-state index contributed by atoms with van der Waals surface area (Å²) in [6.07, 6.45) is -0.445. The highest BCUT2D eigenvalue weighted by molar-refractivity contribution is 6.32. The molecule has 5 nitrogen and oxygen atoms in total.